The van der Waals surface area contributed by atoms with Crippen molar-refractivity contribution >= 4 is 5.97 Å². The molecule has 0 saturated carbocycles. The minimum Gasteiger partial charge on any atom is -0.479 e. The SMILES string of the molecule is CC(C)N1NC=CC1(N)C(=O)O. The summed E-state index contributed by atoms with van der Waals surface area (Å²) in [5, 5.41) is 10.3. The first-order chi connectivity index (χ1) is 5.48. The Morgan fingerprint density at radius 1 is 1.75 bits per heavy atom. The maximum absolute atomic E-state index is 10.8. The highest BCUT2D eigenvalue weighted by atomic mass is 16.4. The van der Waals surface area contributed by atoms with E-state index in [1.54, 1.807) is 0 Å². The van der Waals surface area contributed by atoms with E-state index in [0.29, 0.717) is 0 Å². The average molecular weight is 171 g/mol. The number of nitrogens with zero attached hydrogens (tertiary/aromatic N) is 1. The van der Waals surface area contributed by atoms with Crippen LogP contribution in [-0.2, 0) is 4.79 Å². The first-order valence-corrected chi connectivity index (χ1v) is 3.74. The number of nitrogens with two attached hydrogens (primary N) is 1. The topological polar surface area (TPSA) is 78.6 Å². The van der Waals surface area contributed by atoms with Crippen molar-refractivity contribution in [1.82, 2.24) is 10.4 Å². The fourth-order valence-electron chi connectivity index (χ4n) is 1.18. The average Bonchev–Trinajstić information content (AvgIpc) is 2.32. The van der Waals surface area contributed by atoms with Crippen LogP contribution in [0.3, 0.4) is 0 Å². The van der Waals surface area contributed by atoms with E-state index in [2.05, 4.69) is 5.43 Å². The number of carboxylic acids is 1. The van der Waals surface area contributed by atoms with Crippen LogP contribution in [-0.4, -0.2) is 27.8 Å². The lowest BCUT2D eigenvalue weighted by Crippen LogP contribution is -2.62. The Kier molecular flexibility index (Phi) is 2.08. The summed E-state index contributed by atoms with van der Waals surface area (Å²) in [6.45, 7) is 3.73. The zero-order chi connectivity index (χ0) is 9.35. The van der Waals surface area contributed by atoms with E-state index in [1.807, 2.05) is 13.8 Å². The van der Waals surface area contributed by atoms with Crippen molar-refractivity contribution in [3.05, 3.63) is 12.3 Å². The number of hydrogen-bond acceptors (Lipinski definition) is 4. The molecule has 0 bridgehead atoms. The van der Waals surface area contributed by atoms with Gasteiger partial charge in [0.2, 0.25) is 5.66 Å². The Labute approximate surface area is 70.8 Å². The number of nitrogens with one attached hydrogen (secondary N) is 1. The van der Waals surface area contributed by atoms with Gasteiger partial charge >= 0.3 is 5.97 Å². The van der Waals surface area contributed by atoms with Crippen molar-refractivity contribution in [2.45, 2.75) is 25.6 Å². The summed E-state index contributed by atoms with van der Waals surface area (Å²) in [4.78, 5) is 10.8. The van der Waals surface area contributed by atoms with Gasteiger partial charge in [0, 0.05) is 12.2 Å². The molecule has 1 heterocycles. The van der Waals surface area contributed by atoms with Crippen LogP contribution in [0.4, 0.5) is 0 Å². The molecule has 0 aliphatic carbocycles. The molecule has 1 atom stereocenters. The predicted molar refractivity (Wildman–Crippen MR) is 43.8 cm³/mol. The molecule has 1 aliphatic rings. The number of hydrogen-bond donors (Lipinski definition) is 3. The monoisotopic (exact) mass is 171 g/mol. The maximum atomic E-state index is 10.8. The quantitative estimate of drug-likeness (QED) is 0.520. The third-order valence-electron chi connectivity index (χ3n) is 1.81. The molecule has 0 amide bonds. The molecule has 0 fully saturated rings. The molecule has 0 saturated heterocycles. The Bertz CT molecular complexity index is 227. The normalized spacial score (nSPS) is 29.3. The molecule has 0 radical (unpaired) electrons. The van der Waals surface area contributed by atoms with Gasteiger partial charge in [0.05, 0.1) is 0 Å². The molecule has 1 unspecified atom stereocenters. The fraction of sp³-hybridized carbons (Fsp3) is 0.571. The molecule has 0 spiro atoms. The zero-order valence-electron chi connectivity index (χ0n) is 7.11. The number of hydrazine groups is 1. The number of carboxylic acid groups (broad SMARTS) is 1. The van der Waals surface area contributed by atoms with Gasteiger partial charge in [0.1, 0.15) is 0 Å². The molecule has 0 aromatic rings. The summed E-state index contributed by atoms with van der Waals surface area (Å²) in [5.41, 5.74) is 6.99. The predicted octanol–water partition coefficient (Wildman–Crippen LogP) is -0.532. The van der Waals surface area contributed by atoms with Gasteiger partial charge in [-0.2, -0.15) is 5.01 Å². The summed E-state index contributed by atoms with van der Waals surface area (Å²) in [5.74, 6) is -1.06. The molecular weight excluding hydrogens is 158 g/mol. The molecule has 5 nitrogen and oxygen atoms in total. The summed E-state index contributed by atoms with van der Waals surface area (Å²) >= 11 is 0. The summed E-state index contributed by atoms with van der Waals surface area (Å²) in [6, 6.07) is 0.0288. The van der Waals surface area contributed by atoms with Gasteiger partial charge in [-0.25, -0.2) is 4.79 Å². The third-order valence-corrected chi connectivity index (χ3v) is 1.81. The second kappa shape index (κ2) is 2.76. The molecular formula is C7H13N3O2. The smallest absolute Gasteiger partial charge is 0.344 e. The van der Waals surface area contributed by atoms with Crippen molar-refractivity contribution in [3.8, 4) is 0 Å². The van der Waals surface area contributed by atoms with Crippen LogP contribution in [0.1, 0.15) is 13.8 Å². The van der Waals surface area contributed by atoms with Crippen LogP contribution >= 0.6 is 0 Å². The first kappa shape index (κ1) is 9.02. The fourth-order valence-corrected chi connectivity index (χ4v) is 1.18. The summed E-state index contributed by atoms with van der Waals surface area (Å²) in [7, 11) is 0. The van der Waals surface area contributed by atoms with Gasteiger partial charge in [0.25, 0.3) is 0 Å². The van der Waals surface area contributed by atoms with Gasteiger partial charge in [-0.15, -0.1) is 0 Å². The van der Waals surface area contributed by atoms with Crippen LogP contribution in [0.5, 0.6) is 0 Å². The lowest BCUT2D eigenvalue weighted by Gasteiger charge is -2.32. The Morgan fingerprint density at radius 2 is 2.33 bits per heavy atom. The first-order valence-electron chi connectivity index (χ1n) is 3.74. The largest absolute Gasteiger partial charge is 0.479 e. The van der Waals surface area contributed by atoms with E-state index >= 15 is 0 Å². The molecule has 1 rings (SSSR count). The van der Waals surface area contributed by atoms with E-state index in [-0.39, 0.29) is 6.04 Å². The Morgan fingerprint density at radius 3 is 2.67 bits per heavy atom. The molecule has 12 heavy (non-hydrogen) atoms. The summed E-state index contributed by atoms with van der Waals surface area (Å²) < 4.78 is 0. The number of carbonyl (C=O) groups is 1. The van der Waals surface area contributed by atoms with Crippen molar-refractivity contribution in [2.24, 2.45) is 5.73 Å². The Balaban J connectivity index is 2.87. The van der Waals surface area contributed by atoms with E-state index < -0.39 is 11.6 Å². The highest BCUT2D eigenvalue weighted by Crippen LogP contribution is 2.16. The summed E-state index contributed by atoms with van der Waals surface area (Å²) in [6.07, 6.45) is 2.96. The highest BCUT2D eigenvalue weighted by molar-refractivity contribution is 5.81. The van der Waals surface area contributed by atoms with Crippen molar-refractivity contribution in [2.75, 3.05) is 0 Å². The van der Waals surface area contributed by atoms with E-state index in [4.69, 9.17) is 10.8 Å². The van der Waals surface area contributed by atoms with Crippen LogP contribution in [0.15, 0.2) is 12.3 Å². The van der Waals surface area contributed by atoms with Crippen molar-refractivity contribution in [3.63, 3.8) is 0 Å². The molecule has 68 valence electrons. The molecule has 4 N–H and O–H groups in total. The lowest BCUT2D eigenvalue weighted by atomic mass is 10.1. The van der Waals surface area contributed by atoms with Crippen LogP contribution in [0, 0.1) is 0 Å². The van der Waals surface area contributed by atoms with Gasteiger partial charge in [-0.3, -0.25) is 5.73 Å². The van der Waals surface area contributed by atoms with Crippen molar-refractivity contribution in [1.29, 1.82) is 0 Å². The second-order valence-electron chi connectivity index (χ2n) is 3.06. The van der Waals surface area contributed by atoms with Gasteiger partial charge in [0.15, 0.2) is 0 Å². The zero-order valence-corrected chi connectivity index (χ0v) is 7.11. The van der Waals surface area contributed by atoms with E-state index in [1.165, 1.54) is 17.3 Å². The van der Waals surface area contributed by atoms with Gasteiger partial charge in [-0.05, 0) is 19.9 Å². The maximum Gasteiger partial charge on any atom is 0.344 e. The second-order valence-corrected chi connectivity index (χ2v) is 3.06. The van der Waals surface area contributed by atoms with Crippen LogP contribution in [0.25, 0.3) is 0 Å². The minimum atomic E-state index is -1.41. The van der Waals surface area contributed by atoms with Crippen LogP contribution < -0.4 is 11.2 Å². The molecule has 0 aromatic heterocycles. The lowest BCUT2D eigenvalue weighted by molar-refractivity contribution is -0.149. The minimum absolute atomic E-state index is 0.0288. The third kappa shape index (κ3) is 1.17. The highest BCUT2D eigenvalue weighted by Gasteiger charge is 2.42. The van der Waals surface area contributed by atoms with Gasteiger partial charge < -0.3 is 10.5 Å². The molecule has 5 heteroatoms. The number of aliphatic carboxylic acids is 1. The Hall–Kier alpha value is -1.07. The standard InChI is InChI=1S/C7H13N3O2/c1-5(2)10-7(8,6(11)12)3-4-9-10/h3-5,9H,8H2,1-2H3,(H,11,12). The van der Waals surface area contributed by atoms with E-state index in [0.717, 1.165) is 0 Å². The molecule has 1 aliphatic heterocycles. The number of rotatable bonds is 2. The van der Waals surface area contributed by atoms with Gasteiger partial charge in [-0.1, -0.05) is 0 Å². The van der Waals surface area contributed by atoms with Crippen molar-refractivity contribution < 1.29 is 9.90 Å². The van der Waals surface area contributed by atoms with E-state index in [9.17, 15) is 4.79 Å². The van der Waals surface area contributed by atoms with Crippen LogP contribution in [0.2, 0.25) is 0 Å². The molecule has 0 aromatic carbocycles.